The summed E-state index contributed by atoms with van der Waals surface area (Å²) in [6.45, 7) is 9.31. The van der Waals surface area contributed by atoms with Crippen LogP contribution >= 0.6 is 0 Å². The van der Waals surface area contributed by atoms with E-state index in [9.17, 15) is 9.59 Å². The fourth-order valence-electron chi connectivity index (χ4n) is 2.11. The van der Waals surface area contributed by atoms with E-state index in [4.69, 9.17) is 11.5 Å². The molecule has 6 nitrogen and oxygen atoms in total. The fourth-order valence-corrected chi connectivity index (χ4v) is 2.11. The zero-order valence-corrected chi connectivity index (χ0v) is 13.0. The summed E-state index contributed by atoms with van der Waals surface area (Å²) in [6.07, 6.45) is 1.67. The van der Waals surface area contributed by atoms with Gasteiger partial charge in [0.05, 0.1) is 12.0 Å². The van der Waals surface area contributed by atoms with Crippen molar-refractivity contribution in [1.29, 1.82) is 0 Å². The molecule has 0 atom stereocenters. The van der Waals surface area contributed by atoms with Crippen LogP contribution in [0, 0.1) is 5.41 Å². The van der Waals surface area contributed by atoms with E-state index < -0.39 is 11.0 Å². The molecule has 1 heterocycles. The fraction of sp³-hybridized carbons (Fsp3) is 0.857. The SMILES string of the molecule is CC(C)(N)C(C)(C)C(=O)NC1CCN(CC(N)=O)CC1. The molecule has 0 spiro atoms. The van der Waals surface area contributed by atoms with Gasteiger partial charge in [-0.1, -0.05) is 0 Å². The van der Waals surface area contributed by atoms with Crippen LogP contribution in [0.2, 0.25) is 0 Å². The summed E-state index contributed by atoms with van der Waals surface area (Å²) in [5, 5.41) is 3.08. The van der Waals surface area contributed by atoms with Crippen molar-refractivity contribution in [3.05, 3.63) is 0 Å². The first-order chi connectivity index (χ1) is 9.04. The number of carbonyl (C=O) groups is 2. The first kappa shape index (κ1) is 16.9. The van der Waals surface area contributed by atoms with Gasteiger partial charge in [-0.05, 0) is 40.5 Å². The third-order valence-corrected chi connectivity index (χ3v) is 4.48. The Morgan fingerprint density at radius 3 is 2.10 bits per heavy atom. The van der Waals surface area contributed by atoms with Gasteiger partial charge in [0, 0.05) is 24.7 Å². The lowest BCUT2D eigenvalue weighted by Gasteiger charge is -2.39. The second-order valence-corrected chi connectivity index (χ2v) is 6.84. The van der Waals surface area contributed by atoms with Crippen LogP contribution in [-0.2, 0) is 9.59 Å². The van der Waals surface area contributed by atoms with Gasteiger partial charge in [0.15, 0.2) is 0 Å². The lowest BCUT2D eigenvalue weighted by atomic mass is 9.74. The molecule has 1 rings (SSSR count). The Hall–Kier alpha value is -1.14. The van der Waals surface area contributed by atoms with E-state index in [1.54, 1.807) is 0 Å². The predicted octanol–water partition coefficient (Wildman–Crippen LogP) is -0.184. The van der Waals surface area contributed by atoms with E-state index >= 15 is 0 Å². The summed E-state index contributed by atoms with van der Waals surface area (Å²) in [5.41, 5.74) is 10.0. The summed E-state index contributed by atoms with van der Waals surface area (Å²) in [7, 11) is 0. The summed E-state index contributed by atoms with van der Waals surface area (Å²) in [4.78, 5) is 25.2. The van der Waals surface area contributed by atoms with Crippen molar-refractivity contribution in [2.75, 3.05) is 19.6 Å². The van der Waals surface area contributed by atoms with Crippen LogP contribution in [0.25, 0.3) is 0 Å². The van der Waals surface area contributed by atoms with Gasteiger partial charge in [0.1, 0.15) is 0 Å². The summed E-state index contributed by atoms with van der Waals surface area (Å²) in [6, 6.07) is 0.147. The maximum Gasteiger partial charge on any atom is 0.231 e. The third-order valence-electron chi connectivity index (χ3n) is 4.48. The maximum atomic E-state index is 12.4. The standard InChI is InChI=1S/C14H28N4O2/c1-13(2,14(3,4)16)12(20)17-10-5-7-18(8-6-10)9-11(15)19/h10H,5-9,16H2,1-4H3,(H2,15,19)(H,17,20). The number of nitrogens with zero attached hydrogens (tertiary/aromatic N) is 1. The largest absolute Gasteiger partial charge is 0.369 e. The van der Waals surface area contributed by atoms with Crippen molar-refractivity contribution >= 4 is 11.8 Å². The van der Waals surface area contributed by atoms with Crippen LogP contribution < -0.4 is 16.8 Å². The molecular formula is C14H28N4O2. The quantitative estimate of drug-likeness (QED) is 0.651. The zero-order chi connectivity index (χ0) is 15.6. The molecule has 1 fully saturated rings. The molecule has 0 aromatic heterocycles. The number of nitrogens with one attached hydrogen (secondary N) is 1. The van der Waals surface area contributed by atoms with Gasteiger partial charge in [-0.15, -0.1) is 0 Å². The van der Waals surface area contributed by atoms with Crippen LogP contribution in [-0.4, -0.2) is 47.9 Å². The average molecular weight is 284 g/mol. The highest BCUT2D eigenvalue weighted by molar-refractivity contribution is 5.83. The first-order valence-electron chi connectivity index (χ1n) is 7.14. The number of hydrogen-bond donors (Lipinski definition) is 3. The van der Waals surface area contributed by atoms with Crippen LogP contribution in [0.5, 0.6) is 0 Å². The van der Waals surface area contributed by atoms with E-state index in [2.05, 4.69) is 5.32 Å². The highest BCUT2D eigenvalue weighted by atomic mass is 16.2. The molecule has 5 N–H and O–H groups in total. The van der Waals surface area contributed by atoms with E-state index in [1.165, 1.54) is 0 Å². The number of primary amides is 1. The Morgan fingerprint density at radius 2 is 1.70 bits per heavy atom. The van der Waals surface area contributed by atoms with Gasteiger partial charge >= 0.3 is 0 Å². The minimum absolute atomic E-state index is 0.0154. The molecule has 116 valence electrons. The highest BCUT2D eigenvalue weighted by Crippen LogP contribution is 2.28. The number of rotatable bonds is 5. The smallest absolute Gasteiger partial charge is 0.231 e. The van der Waals surface area contributed by atoms with Gasteiger partial charge < -0.3 is 16.8 Å². The second kappa shape index (κ2) is 6.10. The Morgan fingerprint density at radius 1 is 1.20 bits per heavy atom. The molecule has 1 saturated heterocycles. The van der Waals surface area contributed by atoms with E-state index in [-0.39, 0.29) is 17.9 Å². The molecule has 0 aromatic carbocycles. The number of amides is 2. The van der Waals surface area contributed by atoms with Crippen LogP contribution in [0.3, 0.4) is 0 Å². The molecule has 0 aliphatic carbocycles. The monoisotopic (exact) mass is 284 g/mol. The normalized spacial score (nSPS) is 18.9. The van der Waals surface area contributed by atoms with Crippen molar-refractivity contribution in [2.24, 2.45) is 16.9 Å². The minimum atomic E-state index is -0.628. The first-order valence-corrected chi connectivity index (χ1v) is 7.14. The van der Waals surface area contributed by atoms with Crippen molar-refractivity contribution in [3.63, 3.8) is 0 Å². The molecule has 0 bridgehead atoms. The van der Waals surface area contributed by atoms with Crippen molar-refractivity contribution in [3.8, 4) is 0 Å². The number of likely N-dealkylation sites (tertiary alicyclic amines) is 1. The van der Waals surface area contributed by atoms with E-state index in [1.807, 2.05) is 32.6 Å². The minimum Gasteiger partial charge on any atom is -0.369 e. The Labute approximate surface area is 121 Å². The van der Waals surface area contributed by atoms with Crippen LogP contribution in [0.4, 0.5) is 0 Å². The zero-order valence-electron chi connectivity index (χ0n) is 13.0. The molecule has 2 amide bonds. The highest BCUT2D eigenvalue weighted by Gasteiger charge is 2.41. The van der Waals surface area contributed by atoms with Gasteiger partial charge in [-0.3, -0.25) is 14.5 Å². The van der Waals surface area contributed by atoms with Gasteiger partial charge in [-0.2, -0.15) is 0 Å². The molecule has 0 saturated carbocycles. The van der Waals surface area contributed by atoms with E-state index in [0.717, 1.165) is 25.9 Å². The molecule has 0 aromatic rings. The van der Waals surface area contributed by atoms with Gasteiger partial charge in [0.25, 0.3) is 0 Å². The lowest BCUT2D eigenvalue weighted by molar-refractivity contribution is -0.133. The number of carbonyl (C=O) groups excluding carboxylic acids is 2. The van der Waals surface area contributed by atoms with Gasteiger partial charge in [0.2, 0.25) is 11.8 Å². The molecule has 6 heteroatoms. The van der Waals surface area contributed by atoms with Crippen LogP contribution in [0.15, 0.2) is 0 Å². The lowest BCUT2D eigenvalue weighted by Crippen LogP contribution is -2.58. The molecule has 0 radical (unpaired) electrons. The maximum absolute atomic E-state index is 12.4. The average Bonchev–Trinajstić information content (AvgIpc) is 2.29. The summed E-state index contributed by atoms with van der Waals surface area (Å²) < 4.78 is 0. The molecular weight excluding hydrogens is 256 g/mol. The van der Waals surface area contributed by atoms with Crippen molar-refractivity contribution in [2.45, 2.75) is 52.1 Å². The molecule has 0 unspecified atom stereocenters. The summed E-state index contributed by atoms with van der Waals surface area (Å²) >= 11 is 0. The Balaban J connectivity index is 2.48. The molecule has 20 heavy (non-hydrogen) atoms. The number of nitrogens with two attached hydrogens (primary N) is 2. The van der Waals surface area contributed by atoms with Crippen molar-refractivity contribution in [1.82, 2.24) is 10.2 Å². The third kappa shape index (κ3) is 4.18. The predicted molar refractivity (Wildman–Crippen MR) is 78.8 cm³/mol. The van der Waals surface area contributed by atoms with Crippen molar-refractivity contribution < 1.29 is 9.59 Å². The number of hydrogen-bond acceptors (Lipinski definition) is 4. The summed E-state index contributed by atoms with van der Waals surface area (Å²) in [5.74, 6) is -0.322. The second-order valence-electron chi connectivity index (χ2n) is 6.84. The van der Waals surface area contributed by atoms with E-state index in [0.29, 0.717) is 6.54 Å². The Bertz CT molecular complexity index is 366. The Kier molecular flexibility index (Phi) is 5.15. The molecule has 1 aliphatic rings. The van der Waals surface area contributed by atoms with Crippen LogP contribution in [0.1, 0.15) is 40.5 Å². The molecule has 1 aliphatic heterocycles. The van der Waals surface area contributed by atoms with Gasteiger partial charge in [-0.25, -0.2) is 0 Å². The topological polar surface area (TPSA) is 101 Å². The number of piperidine rings is 1.